The Labute approximate surface area is 531 Å². The van der Waals surface area contributed by atoms with E-state index in [-0.39, 0.29) is 62.9 Å². The van der Waals surface area contributed by atoms with Crippen LogP contribution in [0.2, 0.25) is 0 Å². The summed E-state index contributed by atoms with van der Waals surface area (Å²) in [5.41, 5.74) is 3.56. The van der Waals surface area contributed by atoms with Gasteiger partial charge in [-0.15, -0.1) is 0 Å². The highest BCUT2D eigenvalue weighted by molar-refractivity contribution is 7.22. The lowest BCUT2D eigenvalue weighted by atomic mass is 10.1. The molecule has 414 valence electrons. The zero-order chi connectivity index (χ0) is 69.8. The van der Waals surface area contributed by atoms with Gasteiger partial charge in [0.15, 0.2) is 22.0 Å². The number of hydrogen-bond acceptors (Lipinski definition) is 3. The van der Waals surface area contributed by atoms with E-state index in [0.717, 1.165) is 43.6 Å². The first-order valence-corrected chi connectivity index (χ1v) is 33.0. The monoisotopic (exact) mass is 1170 g/mol. The Hall–Kier alpha value is -11.1. The van der Waals surface area contributed by atoms with Crippen molar-refractivity contribution in [2.45, 2.75) is 0 Å². The summed E-state index contributed by atoms with van der Waals surface area (Å²) >= 11 is 0. The zero-order valence-corrected chi connectivity index (χ0v) is 49.1. The summed E-state index contributed by atoms with van der Waals surface area (Å²) in [6.07, 6.45) is 0. The van der Waals surface area contributed by atoms with Crippen molar-refractivity contribution in [3.63, 3.8) is 0 Å². The van der Waals surface area contributed by atoms with Gasteiger partial charge in [-0.05, 0) is 88.0 Å². The summed E-state index contributed by atoms with van der Waals surface area (Å²) < 4.78 is 130. The van der Waals surface area contributed by atoms with Crippen molar-refractivity contribution < 1.29 is 17.8 Å². The summed E-state index contributed by atoms with van der Waals surface area (Å²) in [6.45, 7) is 0. The van der Waals surface area contributed by atoms with Crippen LogP contribution in [0.25, 0.3) is 89.2 Å². The molecule has 0 unspecified atom stereocenters. The fourth-order valence-electron chi connectivity index (χ4n) is 13.1. The minimum Gasteiger partial charge on any atom is -0.278 e. The van der Waals surface area contributed by atoms with Crippen molar-refractivity contribution in [1.29, 1.82) is 0 Å². The Bertz CT molecular complexity index is 5440. The molecule has 0 aliphatic carbocycles. The molecule has 88 heavy (non-hydrogen) atoms. The van der Waals surface area contributed by atoms with Crippen LogP contribution >= 0.6 is 0 Å². The van der Waals surface area contributed by atoms with Crippen LogP contribution in [-0.2, 0) is 0 Å². The molecule has 0 amide bonds. The van der Waals surface area contributed by atoms with Gasteiger partial charge in [0, 0.05) is 27.1 Å². The van der Waals surface area contributed by atoms with Crippen LogP contribution in [0.1, 0.15) is 17.8 Å². The van der Waals surface area contributed by atoms with Gasteiger partial charge < -0.3 is 0 Å². The Balaban J connectivity index is 1.15. The van der Waals surface area contributed by atoms with Gasteiger partial charge in [0.25, 0.3) is 0 Å². The number of para-hydroxylation sites is 4. The van der Waals surface area contributed by atoms with Crippen LogP contribution in [0, 0.1) is 0 Å². The Morgan fingerprint density at radius 3 is 0.898 bits per heavy atom. The fraction of sp³-hybridized carbons (Fsp3) is 0. The highest BCUT2D eigenvalue weighted by Crippen LogP contribution is 2.35. The second-order valence-electron chi connectivity index (χ2n) is 21.6. The molecule has 16 aromatic rings. The standard InChI is InChI=1S/C81H57N5Si2/c1-7-29-58(30-8-1)60-33-27-43-67(53-60)87(63-35-11-3-12-36-63,64-37-13-4-14-38-64)69-55-62(56-70(57-69)88(65-39-15-5-16-40-65,66-41-17-6-18-42-66)68-44-28-34-61(54-68)59-31-9-2-10-32-59)79-82-80(85-75-49-23-19-45-71(75)72-46-20-24-50-76(72)85)84-81(83-79)86-77-51-25-21-47-73(77)74-48-22-26-52-78(74)86/h1-57H/i1D,2D,7D,8D,9D,10D,29D,30D,31D,32D,55D,56D,57D. The first kappa shape index (κ1) is 40.3. The molecule has 5 nitrogen and oxygen atoms in total. The molecule has 0 fully saturated rings. The van der Waals surface area contributed by atoms with Gasteiger partial charge >= 0.3 is 0 Å². The molecule has 0 radical (unpaired) electrons. The molecule has 0 bridgehead atoms. The van der Waals surface area contributed by atoms with E-state index < -0.39 is 76.6 Å². The van der Waals surface area contributed by atoms with E-state index in [0.29, 0.717) is 42.2 Å². The van der Waals surface area contributed by atoms with Crippen molar-refractivity contribution in [3.05, 3.63) is 345 Å². The summed E-state index contributed by atoms with van der Waals surface area (Å²) in [5, 5.41) is 8.04. The molecule has 16 rings (SSSR count). The smallest absolute Gasteiger partial charge is 0.240 e. The molecular formula is C81H57N5Si2. The van der Waals surface area contributed by atoms with Gasteiger partial charge in [-0.1, -0.05) is 321 Å². The topological polar surface area (TPSA) is 48.5 Å². The van der Waals surface area contributed by atoms with Crippen LogP contribution in [0.4, 0.5) is 0 Å². The molecule has 3 aromatic heterocycles. The van der Waals surface area contributed by atoms with E-state index in [4.69, 9.17) is 23.2 Å². The number of aromatic nitrogens is 5. The fourth-order valence-corrected chi connectivity index (χ4v) is 22.4. The Morgan fingerprint density at radius 2 is 0.557 bits per heavy atom. The Morgan fingerprint density at radius 1 is 0.250 bits per heavy atom. The zero-order valence-electron chi connectivity index (χ0n) is 60.1. The molecule has 0 aliphatic heterocycles. The summed E-state index contributed by atoms with van der Waals surface area (Å²) in [5.74, 6) is 0.269. The number of fused-ring (bicyclic) bond motifs is 6. The lowest BCUT2D eigenvalue weighted by Gasteiger charge is -2.38. The average Bonchev–Trinajstić information content (AvgIpc) is 1.45. The summed E-state index contributed by atoms with van der Waals surface area (Å²) in [4.78, 5) is 16.7. The molecule has 3 heterocycles. The second kappa shape index (κ2) is 22.1. The first-order valence-electron chi connectivity index (χ1n) is 35.5. The van der Waals surface area contributed by atoms with Crippen molar-refractivity contribution in [2.75, 3.05) is 0 Å². The summed E-state index contributed by atoms with van der Waals surface area (Å²) in [7, 11) is -8.96. The van der Waals surface area contributed by atoms with Crippen LogP contribution in [0.15, 0.2) is 345 Å². The van der Waals surface area contributed by atoms with E-state index >= 15 is 0 Å². The van der Waals surface area contributed by atoms with Gasteiger partial charge in [-0.2, -0.15) is 15.0 Å². The van der Waals surface area contributed by atoms with Gasteiger partial charge in [0.2, 0.25) is 11.9 Å². The quantitative estimate of drug-likeness (QED) is 0.0854. The van der Waals surface area contributed by atoms with Crippen molar-refractivity contribution >= 4 is 101 Å². The van der Waals surface area contributed by atoms with E-state index in [9.17, 15) is 9.60 Å². The summed E-state index contributed by atoms with van der Waals surface area (Å²) in [6, 6.07) is 79.7. The lowest BCUT2D eigenvalue weighted by Crippen LogP contribution is -2.78. The molecule has 0 saturated carbocycles. The molecule has 13 aromatic carbocycles. The number of hydrogen-bond donors (Lipinski definition) is 0. The SMILES string of the molecule is [2H]c1c([2H])c([2H])c(-c2cccc([Si](c3ccccc3)(c3ccccc3)c3c([2H])c(-c4nc(-n5c6ccccc6c6ccccc65)nc(-n5c6ccccc6c6ccccc65)n4)c([2H])c([Si](c4ccccc4)(c4ccccc4)c4cccc(-c5c([2H])c([2H])c([2H])c([2H])c5[2H])c4)c3[2H])c2)c([2H])c1[2H]. The number of nitrogens with zero attached hydrogens (tertiary/aromatic N) is 5. The second-order valence-corrected chi connectivity index (χ2v) is 29.1. The number of benzene rings is 13. The van der Waals surface area contributed by atoms with Gasteiger partial charge in [-0.3, -0.25) is 9.13 Å². The minimum absolute atomic E-state index is 0.0408. The van der Waals surface area contributed by atoms with E-state index in [2.05, 4.69) is 0 Å². The molecule has 0 saturated heterocycles. The third-order valence-electron chi connectivity index (χ3n) is 16.9. The predicted octanol–water partition coefficient (Wildman–Crippen LogP) is 13.8. The first-order chi connectivity index (χ1) is 49.1. The van der Waals surface area contributed by atoms with E-state index in [1.54, 1.807) is 24.3 Å². The van der Waals surface area contributed by atoms with E-state index in [1.165, 1.54) is 0 Å². The molecule has 0 spiro atoms. The van der Waals surface area contributed by atoms with Crippen molar-refractivity contribution in [3.8, 4) is 45.5 Å². The largest absolute Gasteiger partial charge is 0.278 e. The van der Waals surface area contributed by atoms with Crippen LogP contribution in [-0.4, -0.2) is 40.2 Å². The van der Waals surface area contributed by atoms with Gasteiger partial charge in [0.05, 0.1) is 39.9 Å². The third kappa shape index (κ3) is 8.70. The van der Waals surface area contributed by atoms with Crippen molar-refractivity contribution in [2.24, 2.45) is 0 Å². The highest BCUT2D eigenvalue weighted by Gasteiger charge is 2.46. The highest BCUT2D eigenvalue weighted by atomic mass is 28.3. The van der Waals surface area contributed by atoms with E-state index in [1.807, 2.05) is 252 Å². The molecule has 7 heteroatoms. The average molecular weight is 1170 g/mol. The maximum atomic E-state index is 11.9. The van der Waals surface area contributed by atoms with Gasteiger partial charge in [0.1, 0.15) is 0 Å². The molecular weight excluding hydrogens is 1100 g/mol. The molecule has 0 atom stereocenters. The van der Waals surface area contributed by atoms with Crippen LogP contribution < -0.4 is 41.5 Å². The number of rotatable bonds is 13. The third-order valence-corrected chi connectivity index (χ3v) is 26.0. The van der Waals surface area contributed by atoms with Crippen molar-refractivity contribution in [1.82, 2.24) is 24.1 Å². The van der Waals surface area contributed by atoms with Crippen LogP contribution in [0.5, 0.6) is 0 Å². The molecule has 0 aliphatic rings. The van der Waals surface area contributed by atoms with Crippen LogP contribution in [0.3, 0.4) is 0 Å². The lowest BCUT2D eigenvalue weighted by molar-refractivity contribution is 0.893. The normalized spacial score (nSPS) is 13.9. The Kier molecular flexibility index (Phi) is 10.1. The maximum Gasteiger partial charge on any atom is 0.240 e. The van der Waals surface area contributed by atoms with Gasteiger partial charge in [-0.25, -0.2) is 0 Å². The molecule has 0 N–H and O–H groups in total. The minimum atomic E-state index is -4.48. The maximum absolute atomic E-state index is 11.9. The predicted molar refractivity (Wildman–Crippen MR) is 372 cm³/mol.